The Morgan fingerprint density at radius 2 is 2.38 bits per heavy atom. The monoisotopic (exact) mass is 285 g/mol. The predicted molar refractivity (Wildman–Crippen MR) is 83.8 cm³/mol. The Hall–Kier alpha value is -1.86. The lowest BCUT2D eigenvalue weighted by molar-refractivity contribution is -0.120. The van der Waals surface area contributed by atoms with Crippen LogP contribution in [0, 0.1) is 17.2 Å². The number of rotatable bonds is 5. The summed E-state index contributed by atoms with van der Waals surface area (Å²) >= 11 is 0. The minimum atomic E-state index is -0.127. The molecule has 112 valence electrons. The van der Waals surface area contributed by atoms with Gasteiger partial charge in [-0.2, -0.15) is 5.26 Å². The van der Waals surface area contributed by atoms with Crippen LogP contribution in [0.1, 0.15) is 38.7 Å². The molecule has 0 spiro atoms. The van der Waals surface area contributed by atoms with Gasteiger partial charge in [-0.05, 0) is 50.4 Å². The van der Waals surface area contributed by atoms with Crippen molar-refractivity contribution in [1.29, 1.82) is 5.26 Å². The number of nitrogens with one attached hydrogen (secondary N) is 1. The first-order valence-corrected chi connectivity index (χ1v) is 7.69. The number of anilines is 1. The summed E-state index contributed by atoms with van der Waals surface area (Å²) in [6.45, 7) is 6.18. The van der Waals surface area contributed by atoms with Gasteiger partial charge in [-0.15, -0.1) is 0 Å². The van der Waals surface area contributed by atoms with Crippen LogP contribution in [0.4, 0.5) is 5.69 Å². The zero-order chi connectivity index (χ0) is 15.2. The van der Waals surface area contributed by atoms with Gasteiger partial charge in [-0.3, -0.25) is 9.69 Å². The molecule has 21 heavy (non-hydrogen) atoms. The van der Waals surface area contributed by atoms with Crippen molar-refractivity contribution in [1.82, 2.24) is 4.90 Å². The third-order valence-electron chi connectivity index (χ3n) is 4.20. The molecule has 1 fully saturated rings. The molecule has 0 bridgehead atoms. The number of nitriles is 1. The van der Waals surface area contributed by atoms with Crippen LogP contribution >= 0.6 is 0 Å². The zero-order valence-corrected chi connectivity index (χ0v) is 12.8. The number of carbonyl (C=O) groups is 1. The first kappa shape index (κ1) is 15.5. The number of hydrogen-bond donors (Lipinski definition) is 1. The maximum absolute atomic E-state index is 12.3. The Morgan fingerprint density at radius 1 is 1.57 bits per heavy atom. The quantitative estimate of drug-likeness (QED) is 0.904. The van der Waals surface area contributed by atoms with Crippen molar-refractivity contribution < 1.29 is 4.79 Å². The largest absolute Gasteiger partial charge is 0.325 e. The zero-order valence-electron chi connectivity index (χ0n) is 12.8. The van der Waals surface area contributed by atoms with Gasteiger partial charge >= 0.3 is 0 Å². The highest BCUT2D eigenvalue weighted by Gasteiger charge is 2.29. The van der Waals surface area contributed by atoms with Crippen LogP contribution < -0.4 is 5.32 Å². The second-order valence-corrected chi connectivity index (χ2v) is 5.80. The molecule has 2 atom stereocenters. The highest BCUT2D eigenvalue weighted by atomic mass is 16.2. The van der Waals surface area contributed by atoms with E-state index in [-0.39, 0.29) is 11.9 Å². The van der Waals surface area contributed by atoms with Crippen molar-refractivity contribution in [2.45, 2.75) is 39.2 Å². The van der Waals surface area contributed by atoms with Crippen molar-refractivity contribution in [2.75, 3.05) is 18.4 Å². The number of amides is 1. The molecule has 1 aliphatic heterocycles. The Balaban J connectivity index is 1.92. The lowest BCUT2D eigenvalue weighted by Crippen LogP contribution is -2.40. The fourth-order valence-electron chi connectivity index (χ4n) is 2.94. The minimum Gasteiger partial charge on any atom is -0.325 e. The average molecular weight is 285 g/mol. The van der Waals surface area contributed by atoms with E-state index < -0.39 is 0 Å². The average Bonchev–Trinajstić information content (AvgIpc) is 2.95. The fraction of sp³-hybridized carbons (Fsp3) is 0.529. The summed E-state index contributed by atoms with van der Waals surface area (Å²) in [4.78, 5) is 14.6. The number of carbonyl (C=O) groups excluding carboxylic acids is 1. The molecule has 0 radical (unpaired) electrons. The number of nitrogens with zero attached hydrogens (tertiary/aromatic N) is 2. The van der Waals surface area contributed by atoms with E-state index >= 15 is 0 Å². The maximum Gasteiger partial charge on any atom is 0.241 e. The fourth-order valence-corrected chi connectivity index (χ4v) is 2.94. The summed E-state index contributed by atoms with van der Waals surface area (Å²) in [7, 11) is 0. The molecule has 0 saturated carbocycles. The molecule has 4 nitrogen and oxygen atoms in total. The summed E-state index contributed by atoms with van der Waals surface area (Å²) in [6, 6.07) is 8.99. The van der Waals surface area contributed by atoms with Gasteiger partial charge in [0.25, 0.3) is 0 Å². The van der Waals surface area contributed by atoms with Crippen LogP contribution in [0.5, 0.6) is 0 Å². The number of hydrogen-bond acceptors (Lipinski definition) is 3. The summed E-state index contributed by atoms with van der Waals surface area (Å²) in [5.41, 5.74) is 1.25. The maximum atomic E-state index is 12.3. The van der Waals surface area contributed by atoms with Gasteiger partial charge in [0.2, 0.25) is 5.91 Å². The molecule has 1 aliphatic rings. The van der Waals surface area contributed by atoms with Crippen molar-refractivity contribution in [3.8, 4) is 6.07 Å². The molecule has 0 aliphatic carbocycles. The van der Waals surface area contributed by atoms with Crippen LogP contribution in [-0.2, 0) is 4.79 Å². The van der Waals surface area contributed by atoms with Crippen LogP contribution in [0.3, 0.4) is 0 Å². The predicted octanol–water partition coefficient (Wildman–Crippen LogP) is 3.01. The van der Waals surface area contributed by atoms with Gasteiger partial charge in [0.05, 0.1) is 17.7 Å². The Morgan fingerprint density at radius 3 is 3.10 bits per heavy atom. The Kier molecular flexibility index (Phi) is 5.35. The second-order valence-electron chi connectivity index (χ2n) is 5.80. The molecule has 1 amide bonds. The smallest absolute Gasteiger partial charge is 0.241 e. The molecule has 2 unspecified atom stereocenters. The van der Waals surface area contributed by atoms with E-state index in [0.29, 0.717) is 11.3 Å². The lowest BCUT2D eigenvalue weighted by atomic mass is 10.0. The molecule has 0 aromatic heterocycles. The molecular formula is C17H23N3O. The molecule has 1 aromatic carbocycles. The van der Waals surface area contributed by atoms with E-state index in [0.717, 1.165) is 19.0 Å². The summed E-state index contributed by atoms with van der Waals surface area (Å²) < 4.78 is 0. The van der Waals surface area contributed by atoms with Crippen LogP contribution in [0.2, 0.25) is 0 Å². The van der Waals surface area contributed by atoms with Crippen molar-refractivity contribution in [2.24, 2.45) is 5.92 Å². The molecule has 1 saturated heterocycles. The molecule has 1 heterocycles. The van der Waals surface area contributed by atoms with E-state index in [1.54, 1.807) is 18.2 Å². The summed E-state index contributed by atoms with van der Waals surface area (Å²) in [5, 5.41) is 11.8. The SMILES string of the molecule is CCCC1CCN(C(C)C(=O)Nc2cccc(C#N)c2)C1. The molecule has 1 N–H and O–H groups in total. The lowest BCUT2D eigenvalue weighted by Gasteiger charge is -2.23. The minimum absolute atomic E-state index is 0.00207. The first-order chi connectivity index (χ1) is 10.1. The van der Waals surface area contributed by atoms with Crippen molar-refractivity contribution in [3.63, 3.8) is 0 Å². The van der Waals surface area contributed by atoms with Gasteiger partial charge < -0.3 is 5.32 Å². The molecule has 1 aromatic rings. The number of benzene rings is 1. The standard InChI is InChI=1S/C17H23N3O/c1-3-5-14-8-9-20(12-14)13(2)17(21)19-16-7-4-6-15(10-16)11-18/h4,6-7,10,13-14H,3,5,8-9,12H2,1-2H3,(H,19,21). The van der Waals surface area contributed by atoms with E-state index in [1.807, 2.05) is 13.0 Å². The van der Waals surface area contributed by atoms with Gasteiger partial charge in [-0.1, -0.05) is 19.4 Å². The van der Waals surface area contributed by atoms with Crippen LogP contribution in [0.15, 0.2) is 24.3 Å². The second kappa shape index (κ2) is 7.24. The highest BCUT2D eigenvalue weighted by molar-refractivity contribution is 5.94. The van der Waals surface area contributed by atoms with Crippen molar-refractivity contribution >= 4 is 11.6 Å². The van der Waals surface area contributed by atoms with Crippen LogP contribution in [-0.4, -0.2) is 29.9 Å². The summed E-state index contributed by atoms with van der Waals surface area (Å²) in [5.74, 6) is 0.731. The summed E-state index contributed by atoms with van der Waals surface area (Å²) in [6.07, 6.45) is 3.64. The number of likely N-dealkylation sites (tertiary alicyclic amines) is 1. The van der Waals surface area contributed by atoms with E-state index in [4.69, 9.17) is 5.26 Å². The van der Waals surface area contributed by atoms with Gasteiger partial charge in [0.15, 0.2) is 0 Å². The molecule has 2 rings (SSSR count). The topological polar surface area (TPSA) is 56.1 Å². The van der Waals surface area contributed by atoms with Gasteiger partial charge in [0.1, 0.15) is 0 Å². The molecule has 4 heteroatoms. The van der Waals surface area contributed by atoms with E-state index in [1.165, 1.54) is 19.3 Å². The first-order valence-electron chi connectivity index (χ1n) is 7.69. The molecular weight excluding hydrogens is 262 g/mol. The van der Waals surface area contributed by atoms with Crippen molar-refractivity contribution in [3.05, 3.63) is 29.8 Å². The van der Waals surface area contributed by atoms with E-state index in [9.17, 15) is 4.79 Å². The van der Waals surface area contributed by atoms with Gasteiger partial charge in [-0.25, -0.2) is 0 Å². The third-order valence-corrected chi connectivity index (χ3v) is 4.20. The van der Waals surface area contributed by atoms with Crippen LogP contribution in [0.25, 0.3) is 0 Å². The normalized spacial score (nSPS) is 20.0. The highest BCUT2D eigenvalue weighted by Crippen LogP contribution is 2.23. The van der Waals surface area contributed by atoms with Gasteiger partial charge in [0, 0.05) is 12.2 Å². The Labute approximate surface area is 126 Å². The third kappa shape index (κ3) is 4.05. The van der Waals surface area contributed by atoms with E-state index in [2.05, 4.69) is 23.2 Å². The Bertz CT molecular complexity index is 535.